The van der Waals surface area contributed by atoms with E-state index < -0.39 is 9.84 Å². The molecule has 16 heavy (non-hydrogen) atoms. The number of carbonyl (C=O) groups excluding carboxylic acids is 1. The van der Waals surface area contributed by atoms with Crippen LogP contribution in [-0.4, -0.2) is 43.3 Å². The molecule has 0 aromatic carbocycles. The molecule has 1 saturated carbocycles. The van der Waals surface area contributed by atoms with Crippen LogP contribution in [0.15, 0.2) is 0 Å². The number of amides is 1. The van der Waals surface area contributed by atoms with Crippen LogP contribution in [0.5, 0.6) is 0 Å². The first kappa shape index (κ1) is 11.9. The lowest BCUT2D eigenvalue weighted by Gasteiger charge is -2.35. The van der Waals surface area contributed by atoms with Gasteiger partial charge >= 0.3 is 0 Å². The largest absolute Gasteiger partial charge is 0.338 e. The maximum absolute atomic E-state index is 11.4. The fourth-order valence-corrected chi connectivity index (χ4v) is 4.58. The molecule has 2 fully saturated rings. The number of rotatable bonds is 3. The molecule has 0 spiro atoms. The predicted octanol–water partition coefficient (Wildman–Crippen LogP) is 0.965. The minimum Gasteiger partial charge on any atom is -0.338 e. The van der Waals surface area contributed by atoms with Crippen molar-refractivity contribution in [1.29, 1.82) is 0 Å². The van der Waals surface area contributed by atoms with Gasteiger partial charge in [0.1, 0.15) is 0 Å². The lowest BCUT2D eigenvalue weighted by molar-refractivity contribution is -0.122. The van der Waals surface area contributed by atoms with Crippen molar-refractivity contribution in [2.24, 2.45) is 0 Å². The molecular formula is C11H19NO3S. The molecule has 1 aliphatic heterocycles. The van der Waals surface area contributed by atoms with Gasteiger partial charge in [-0.25, -0.2) is 8.42 Å². The summed E-state index contributed by atoms with van der Waals surface area (Å²) in [5.41, 5.74) is 0. The molecule has 1 saturated heterocycles. The van der Waals surface area contributed by atoms with Crippen molar-refractivity contribution in [3.8, 4) is 0 Å². The quantitative estimate of drug-likeness (QED) is 0.696. The third-order valence-electron chi connectivity index (χ3n) is 3.75. The molecule has 4 nitrogen and oxygen atoms in total. The number of hydrogen-bond donors (Lipinski definition) is 0. The van der Waals surface area contributed by atoms with E-state index in [0.29, 0.717) is 6.42 Å². The fraction of sp³-hybridized carbons (Fsp3) is 0.909. The summed E-state index contributed by atoms with van der Waals surface area (Å²) in [7, 11) is -2.89. The molecule has 0 aromatic rings. The van der Waals surface area contributed by atoms with Crippen molar-refractivity contribution in [2.45, 2.75) is 50.6 Å². The fourth-order valence-electron chi connectivity index (χ4n) is 2.86. The molecule has 92 valence electrons. The van der Waals surface area contributed by atoms with Crippen LogP contribution < -0.4 is 0 Å². The second-order valence-corrected chi connectivity index (χ2v) is 7.13. The summed E-state index contributed by atoms with van der Waals surface area (Å²) in [6.07, 6.45) is 7.12. The van der Waals surface area contributed by atoms with Gasteiger partial charge in [-0.3, -0.25) is 4.79 Å². The monoisotopic (exact) mass is 245 g/mol. The molecule has 0 aromatic heterocycles. The number of nitrogens with zero attached hydrogens (tertiary/aromatic N) is 1. The maximum atomic E-state index is 11.4. The second kappa shape index (κ2) is 4.73. The summed E-state index contributed by atoms with van der Waals surface area (Å²) in [5, 5.41) is 0. The van der Waals surface area contributed by atoms with Gasteiger partial charge in [-0.15, -0.1) is 0 Å². The number of sulfone groups is 1. The Morgan fingerprint density at radius 3 is 2.19 bits per heavy atom. The maximum Gasteiger partial charge on any atom is 0.210 e. The van der Waals surface area contributed by atoms with Crippen LogP contribution in [-0.2, 0) is 14.6 Å². The van der Waals surface area contributed by atoms with Gasteiger partial charge in [0.15, 0.2) is 9.84 Å². The van der Waals surface area contributed by atoms with Gasteiger partial charge in [0.2, 0.25) is 6.41 Å². The summed E-state index contributed by atoms with van der Waals surface area (Å²) in [6.45, 7) is 0. The summed E-state index contributed by atoms with van der Waals surface area (Å²) < 4.78 is 22.8. The first-order valence-electron chi connectivity index (χ1n) is 6.05. The Balaban J connectivity index is 2.02. The van der Waals surface area contributed by atoms with Gasteiger partial charge in [-0.1, -0.05) is 19.3 Å². The molecule has 2 aliphatic rings. The van der Waals surface area contributed by atoms with Crippen molar-refractivity contribution in [1.82, 2.24) is 4.90 Å². The number of carbonyl (C=O) groups is 1. The van der Waals surface area contributed by atoms with Crippen molar-refractivity contribution >= 4 is 16.2 Å². The van der Waals surface area contributed by atoms with Gasteiger partial charge in [0, 0.05) is 12.1 Å². The predicted molar refractivity (Wildman–Crippen MR) is 61.8 cm³/mol. The Morgan fingerprint density at radius 2 is 1.69 bits per heavy atom. The van der Waals surface area contributed by atoms with E-state index in [0.717, 1.165) is 32.1 Å². The third-order valence-corrected chi connectivity index (χ3v) is 5.50. The zero-order valence-corrected chi connectivity index (χ0v) is 10.3. The second-order valence-electron chi connectivity index (χ2n) is 4.90. The highest BCUT2D eigenvalue weighted by atomic mass is 32.2. The van der Waals surface area contributed by atoms with Crippen molar-refractivity contribution in [3.05, 3.63) is 0 Å². The minimum atomic E-state index is -2.89. The molecular weight excluding hydrogens is 226 g/mol. The zero-order valence-electron chi connectivity index (χ0n) is 9.47. The Morgan fingerprint density at radius 1 is 1.00 bits per heavy atom. The summed E-state index contributed by atoms with van der Waals surface area (Å²) in [6, 6.07) is 0.218. The first-order chi connectivity index (χ1) is 7.62. The summed E-state index contributed by atoms with van der Waals surface area (Å²) in [5.74, 6) is 0.414. The lowest BCUT2D eigenvalue weighted by Crippen LogP contribution is -2.43. The third kappa shape index (κ3) is 2.56. The van der Waals surface area contributed by atoms with E-state index in [1.165, 1.54) is 6.42 Å². The topological polar surface area (TPSA) is 54.5 Å². The van der Waals surface area contributed by atoms with Crippen molar-refractivity contribution < 1.29 is 13.2 Å². The Hall–Kier alpha value is -0.580. The standard InChI is InChI=1S/C11H19NO3S/c13-9-12(10-4-2-1-3-5-10)11-6-7-16(14,15)8-11/h9-11H,1-8H2/t11-/m1/s1. The highest BCUT2D eigenvalue weighted by Gasteiger charge is 2.35. The molecule has 0 radical (unpaired) electrons. The molecule has 0 unspecified atom stereocenters. The average Bonchev–Trinajstić information content (AvgIpc) is 2.62. The Bertz CT molecular complexity index is 346. The van der Waals surface area contributed by atoms with Gasteiger partial charge in [0.25, 0.3) is 0 Å². The lowest BCUT2D eigenvalue weighted by atomic mass is 9.93. The van der Waals surface area contributed by atoms with Crippen LogP contribution >= 0.6 is 0 Å². The highest BCUT2D eigenvalue weighted by molar-refractivity contribution is 7.91. The minimum absolute atomic E-state index is 0.0643. The van der Waals surface area contributed by atoms with E-state index in [1.54, 1.807) is 4.90 Å². The van der Waals surface area contributed by atoms with E-state index in [4.69, 9.17) is 0 Å². The molecule has 0 N–H and O–H groups in total. The van der Waals surface area contributed by atoms with Gasteiger partial charge in [0.05, 0.1) is 11.5 Å². The van der Waals surface area contributed by atoms with Crippen LogP contribution in [0.1, 0.15) is 38.5 Å². The summed E-state index contributed by atoms with van der Waals surface area (Å²) >= 11 is 0. The van der Waals surface area contributed by atoms with Crippen molar-refractivity contribution in [2.75, 3.05) is 11.5 Å². The molecule has 2 rings (SSSR count). The number of hydrogen-bond acceptors (Lipinski definition) is 3. The van der Waals surface area contributed by atoms with Gasteiger partial charge in [-0.05, 0) is 19.3 Å². The van der Waals surface area contributed by atoms with E-state index in [-0.39, 0.29) is 23.6 Å². The van der Waals surface area contributed by atoms with Crippen molar-refractivity contribution in [3.63, 3.8) is 0 Å². The van der Waals surface area contributed by atoms with Gasteiger partial charge in [-0.2, -0.15) is 0 Å². The smallest absolute Gasteiger partial charge is 0.210 e. The van der Waals surface area contributed by atoms with Crippen LogP contribution in [0.4, 0.5) is 0 Å². The molecule has 1 amide bonds. The molecule has 1 aliphatic carbocycles. The van der Waals surface area contributed by atoms with Gasteiger partial charge < -0.3 is 4.90 Å². The molecule has 1 atom stereocenters. The average molecular weight is 245 g/mol. The van der Waals surface area contributed by atoms with Crippen LogP contribution in [0.25, 0.3) is 0 Å². The summed E-state index contributed by atoms with van der Waals surface area (Å²) in [4.78, 5) is 12.9. The Labute approximate surface area is 96.9 Å². The van der Waals surface area contributed by atoms with Crippen LogP contribution in [0.2, 0.25) is 0 Å². The molecule has 1 heterocycles. The molecule has 5 heteroatoms. The Kier molecular flexibility index (Phi) is 3.52. The zero-order chi connectivity index (χ0) is 11.6. The highest BCUT2D eigenvalue weighted by Crippen LogP contribution is 2.26. The first-order valence-corrected chi connectivity index (χ1v) is 7.88. The normalized spacial score (nSPS) is 30.1. The SMILES string of the molecule is O=CN(C1CCCCC1)[C@@H]1CCS(=O)(=O)C1. The van der Waals surface area contributed by atoms with E-state index in [1.807, 2.05) is 0 Å². The molecule has 0 bridgehead atoms. The van der Waals surface area contributed by atoms with E-state index >= 15 is 0 Å². The van der Waals surface area contributed by atoms with E-state index in [9.17, 15) is 13.2 Å². The van der Waals surface area contributed by atoms with Crippen LogP contribution in [0, 0.1) is 0 Å². The van der Waals surface area contributed by atoms with E-state index in [2.05, 4.69) is 0 Å². The van der Waals surface area contributed by atoms with Crippen LogP contribution in [0.3, 0.4) is 0 Å².